The fraction of sp³-hybridized carbons (Fsp3) is 0.200. The molecule has 3 rings (SSSR count). The molecule has 1 saturated heterocycles. The predicted octanol–water partition coefficient (Wildman–Crippen LogP) is 1.13. The summed E-state index contributed by atoms with van der Waals surface area (Å²) in [5, 5.41) is 18.5. The van der Waals surface area contributed by atoms with Crippen molar-refractivity contribution >= 4 is 46.4 Å². The van der Waals surface area contributed by atoms with Gasteiger partial charge < -0.3 is 19.8 Å². The first kappa shape index (κ1) is 20.3. The van der Waals surface area contributed by atoms with Crippen molar-refractivity contribution in [3.05, 3.63) is 70.2 Å². The Labute approximate surface area is 172 Å². The zero-order valence-electron chi connectivity index (χ0n) is 15.2. The third-order valence-electron chi connectivity index (χ3n) is 4.60. The third kappa shape index (κ3) is 5.10. The highest BCUT2D eigenvalue weighted by Crippen LogP contribution is 2.13. The van der Waals surface area contributed by atoms with Crippen LogP contribution in [0.5, 0.6) is 0 Å². The molecule has 1 fully saturated rings. The van der Waals surface area contributed by atoms with Gasteiger partial charge in [0.15, 0.2) is 0 Å². The largest absolute Gasteiger partial charge is 0.488 e. The SMILES string of the molecule is O=C(/C=C/c1ccc(Br)cc1)N1CCN(C(=O)c2cccc(B(O)O)c2)CC1. The highest BCUT2D eigenvalue weighted by atomic mass is 79.9. The summed E-state index contributed by atoms with van der Waals surface area (Å²) in [6, 6.07) is 14.0. The smallest absolute Gasteiger partial charge is 0.423 e. The van der Waals surface area contributed by atoms with E-state index in [4.69, 9.17) is 0 Å². The van der Waals surface area contributed by atoms with E-state index in [9.17, 15) is 19.6 Å². The normalized spacial score (nSPS) is 14.4. The summed E-state index contributed by atoms with van der Waals surface area (Å²) in [6.07, 6.45) is 3.32. The van der Waals surface area contributed by atoms with Gasteiger partial charge in [-0.05, 0) is 41.4 Å². The molecular formula is C20H20BBrN2O4. The molecule has 8 heteroatoms. The number of carbonyl (C=O) groups is 2. The van der Waals surface area contributed by atoms with Crippen LogP contribution in [-0.4, -0.2) is 65.0 Å². The van der Waals surface area contributed by atoms with Crippen LogP contribution in [0.1, 0.15) is 15.9 Å². The van der Waals surface area contributed by atoms with E-state index < -0.39 is 7.12 Å². The summed E-state index contributed by atoms with van der Waals surface area (Å²) in [4.78, 5) is 28.4. The highest BCUT2D eigenvalue weighted by Gasteiger charge is 2.24. The first-order valence-corrected chi connectivity index (χ1v) is 9.71. The molecule has 6 nitrogen and oxygen atoms in total. The number of halogens is 1. The minimum atomic E-state index is -1.61. The van der Waals surface area contributed by atoms with Crippen molar-refractivity contribution in [3.63, 3.8) is 0 Å². The molecular weight excluding hydrogens is 423 g/mol. The van der Waals surface area contributed by atoms with E-state index in [1.54, 1.807) is 40.2 Å². The zero-order chi connectivity index (χ0) is 20.1. The molecule has 144 valence electrons. The molecule has 1 aliphatic heterocycles. The quantitative estimate of drug-likeness (QED) is 0.549. The number of carbonyl (C=O) groups excluding carboxylic acids is 2. The molecule has 0 radical (unpaired) electrons. The maximum atomic E-state index is 12.6. The second-order valence-electron chi connectivity index (χ2n) is 6.50. The van der Waals surface area contributed by atoms with Crippen LogP contribution in [0, 0.1) is 0 Å². The predicted molar refractivity (Wildman–Crippen MR) is 112 cm³/mol. The van der Waals surface area contributed by atoms with E-state index >= 15 is 0 Å². The first-order chi connectivity index (χ1) is 13.4. The molecule has 1 heterocycles. The van der Waals surface area contributed by atoms with Crippen molar-refractivity contribution < 1.29 is 19.6 Å². The lowest BCUT2D eigenvalue weighted by Crippen LogP contribution is -2.50. The topological polar surface area (TPSA) is 81.1 Å². The molecule has 2 aromatic rings. The van der Waals surface area contributed by atoms with E-state index in [0.717, 1.165) is 10.0 Å². The summed E-state index contributed by atoms with van der Waals surface area (Å²) < 4.78 is 0.982. The Kier molecular flexibility index (Phi) is 6.67. The summed E-state index contributed by atoms with van der Waals surface area (Å²) in [5.74, 6) is -0.263. The second kappa shape index (κ2) is 9.19. The Morgan fingerprint density at radius 1 is 0.964 bits per heavy atom. The lowest BCUT2D eigenvalue weighted by atomic mass is 9.79. The van der Waals surface area contributed by atoms with Gasteiger partial charge in [-0.25, -0.2) is 0 Å². The van der Waals surface area contributed by atoms with Crippen molar-refractivity contribution in [2.75, 3.05) is 26.2 Å². The molecule has 0 aliphatic carbocycles. The van der Waals surface area contributed by atoms with Crippen LogP contribution in [0.4, 0.5) is 0 Å². The van der Waals surface area contributed by atoms with Crippen molar-refractivity contribution in [2.24, 2.45) is 0 Å². The van der Waals surface area contributed by atoms with E-state index in [-0.39, 0.29) is 17.3 Å². The van der Waals surface area contributed by atoms with Crippen molar-refractivity contribution in [1.29, 1.82) is 0 Å². The van der Waals surface area contributed by atoms with Gasteiger partial charge in [0.2, 0.25) is 5.91 Å². The molecule has 2 N–H and O–H groups in total. The van der Waals surface area contributed by atoms with Gasteiger partial charge in [0.05, 0.1) is 0 Å². The summed E-state index contributed by atoms with van der Waals surface area (Å²) in [5.41, 5.74) is 1.62. The van der Waals surface area contributed by atoms with Crippen LogP contribution in [0.25, 0.3) is 6.08 Å². The van der Waals surface area contributed by atoms with Gasteiger partial charge in [-0.3, -0.25) is 9.59 Å². The Balaban J connectivity index is 1.56. The van der Waals surface area contributed by atoms with Gasteiger partial charge in [-0.2, -0.15) is 0 Å². The monoisotopic (exact) mass is 442 g/mol. The maximum Gasteiger partial charge on any atom is 0.488 e. The third-order valence-corrected chi connectivity index (χ3v) is 5.13. The molecule has 0 atom stereocenters. The van der Waals surface area contributed by atoms with Crippen molar-refractivity contribution in [2.45, 2.75) is 0 Å². The van der Waals surface area contributed by atoms with Crippen molar-refractivity contribution in [1.82, 2.24) is 9.80 Å². The maximum absolute atomic E-state index is 12.6. The lowest BCUT2D eigenvalue weighted by Gasteiger charge is -2.34. The van der Waals surface area contributed by atoms with E-state index in [0.29, 0.717) is 31.7 Å². The van der Waals surface area contributed by atoms with Crippen LogP contribution in [0.15, 0.2) is 59.1 Å². The average molecular weight is 443 g/mol. The van der Waals surface area contributed by atoms with Gasteiger partial charge in [0.1, 0.15) is 0 Å². The number of piperazine rings is 1. The standard InChI is InChI=1S/C20H20BBrN2O4/c22-18-7-4-15(5-8-18)6-9-19(25)23-10-12-24(13-11-23)20(26)16-2-1-3-17(14-16)21(27)28/h1-9,14,27-28H,10-13H2/b9-6+. The first-order valence-electron chi connectivity index (χ1n) is 8.92. The van der Waals surface area contributed by atoms with Gasteiger partial charge in [-0.1, -0.05) is 40.2 Å². The molecule has 1 aliphatic rings. The second-order valence-corrected chi connectivity index (χ2v) is 7.42. The molecule has 0 bridgehead atoms. The van der Waals surface area contributed by atoms with Crippen LogP contribution in [-0.2, 0) is 4.79 Å². The molecule has 0 saturated carbocycles. The van der Waals surface area contributed by atoms with Crippen LogP contribution < -0.4 is 5.46 Å². The van der Waals surface area contributed by atoms with E-state index in [1.165, 1.54) is 6.07 Å². The molecule has 28 heavy (non-hydrogen) atoms. The number of nitrogens with zero attached hydrogens (tertiary/aromatic N) is 2. The molecule has 0 unspecified atom stereocenters. The number of amides is 2. The Morgan fingerprint density at radius 3 is 2.25 bits per heavy atom. The zero-order valence-corrected chi connectivity index (χ0v) is 16.7. The number of hydrogen-bond donors (Lipinski definition) is 2. The Bertz CT molecular complexity index is 878. The minimum Gasteiger partial charge on any atom is -0.423 e. The van der Waals surface area contributed by atoms with Crippen LogP contribution in [0.3, 0.4) is 0 Å². The molecule has 2 amide bonds. The van der Waals surface area contributed by atoms with E-state index in [1.807, 2.05) is 24.3 Å². The van der Waals surface area contributed by atoms with Gasteiger partial charge in [0.25, 0.3) is 5.91 Å². The Hall–Kier alpha value is -2.42. The molecule has 2 aromatic carbocycles. The van der Waals surface area contributed by atoms with Crippen molar-refractivity contribution in [3.8, 4) is 0 Å². The van der Waals surface area contributed by atoms with Gasteiger partial charge in [0, 0.05) is 42.3 Å². The van der Waals surface area contributed by atoms with Crippen LogP contribution >= 0.6 is 15.9 Å². The average Bonchev–Trinajstić information content (AvgIpc) is 2.72. The minimum absolute atomic E-state index is 0.0829. The lowest BCUT2D eigenvalue weighted by molar-refractivity contribution is -0.127. The molecule has 0 aromatic heterocycles. The Morgan fingerprint density at radius 2 is 1.61 bits per heavy atom. The number of rotatable bonds is 4. The van der Waals surface area contributed by atoms with Gasteiger partial charge in [-0.15, -0.1) is 0 Å². The summed E-state index contributed by atoms with van der Waals surface area (Å²) in [6.45, 7) is 1.78. The molecule has 0 spiro atoms. The summed E-state index contributed by atoms with van der Waals surface area (Å²) >= 11 is 3.38. The van der Waals surface area contributed by atoms with Crippen LogP contribution in [0.2, 0.25) is 0 Å². The van der Waals surface area contributed by atoms with E-state index in [2.05, 4.69) is 15.9 Å². The number of hydrogen-bond acceptors (Lipinski definition) is 4. The highest BCUT2D eigenvalue weighted by molar-refractivity contribution is 9.10. The number of benzene rings is 2. The fourth-order valence-corrected chi connectivity index (χ4v) is 3.26. The summed E-state index contributed by atoms with van der Waals surface area (Å²) in [7, 11) is -1.61. The van der Waals surface area contributed by atoms with Gasteiger partial charge >= 0.3 is 7.12 Å². The fourth-order valence-electron chi connectivity index (χ4n) is 2.99.